The van der Waals surface area contributed by atoms with E-state index < -0.39 is 0 Å². The second kappa shape index (κ2) is 3.94. The Morgan fingerprint density at radius 1 is 1.44 bits per heavy atom. The van der Waals surface area contributed by atoms with Crippen LogP contribution < -0.4 is 4.90 Å². The Morgan fingerprint density at radius 2 is 2.19 bits per heavy atom. The van der Waals surface area contributed by atoms with Crippen LogP contribution in [0.3, 0.4) is 0 Å². The van der Waals surface area contributed by atoms with Gasteiger partial charge in [0.05, 0.1) is 6.20 Å². The molecule has 16 heavy (non-hydrogen) atoms. The SMILES string of the molecule is CN(c1ccn2nccc2n1)C(C)(C)CCl. The summed E-state index contributed by atoms with van der Waals surface area (Å²) < 4.78 is 1.74. The summed E-state index contributed by atoms with van der Waals surface area (Å²) in [6, 6.07) is 3.82. The molecular formula is C11H15ClN4. The lowest BCUT2D eigenvalue weighted by Gasteiger charge is -2.34. The minimum Gasteiger partial charge on any atom is -0.353 e. The van der Waals surface area contributed by atoms with Crippen molar-refractivity contribution in [2.75, 3.05) is 17.8 Å². The van der Waals surface area contributed by atoms with E-state index in [1.165, 1.54) is 0 Å². The van der Waals surface area contributed by atoms with Crippen molar-refractivity contribution < 1.29 is 0 Å². The predicted octanol–water partition coefficient (Wildman–Crippen LogP) is 2.18. The van der Waals surface area contributed by atoms with Crippen LogP contribution in [-0.4, -0.2) is 33.1 Å². The molecule has 0 aliphatic rings. The molecule has 86 valence electrons. The Labute approximate surface area is 99.8 Å². The van der Waals surface area contributed by atoms with Gasteiger partial charge in [0.2, 0.25) is 0 Å². The minimum absolute atomic E-state index is 0.118. The summed E-state index contributed by atoms with van der Waals surface area (Å²) in [5, 5.41) is 4.11. The number of aromatic nitrogens is 3. The van der Waals surface area contributed by atoms with Gasteiger partial charge in [0, 0.05) is 30.7 Å². The maximum absolute atomic E-state index is 5.95. The Hall–Kier alpha value is -1.29. The summed E-state index contributed by atoms with van der Waals surface area (Å²) in [6.07, 6.45) is 3.64. The van der Waals surface area contributed by atoms with E-state index in [1.807, 2.05) is 25.4 Å². The zero-order valence-electron chi connectivity index (χ0n) is 9.68. The zero-order chi connectivity index (χ0) is 11.8. The van der Waals surface area contributed by atoms with Gasteiger partial charge >= 0.3 is 0 Å². The number of halogens is 1. The van der Waals surface area contributed by atoms with E-state index in [0.717, 1.165) is 11.5 Å². The lowest BCUT2D eigenvalue weighted by atomic mass is 10.1. The molecule has 2 aromatic heterocycles. The number of fused-ring (bicyclic) bond motifs is 1. The lowest BCUT2D eigenvalue weighted by Crippen LogP contribution is -2.43. The molecule has 0 aliphatic carbocycles. The van der Waals surface area contributed by atoms with Crippen molar-refractivity contribution in [2.24, 2.45) is 0 Å². The van der Waals surface area contributed by atoms with Crippen LogP contribution in [0.5, 0.6) is 0 Å². The van der Waals surface area contributed by atoms with E-state index in [0.29, 0.717) is 5.88 Å². The van der Waals surface area contributed by atoms with Crippen LogP contribution >= 0.6 is 11.6 Å². The Kier molecular flexibility index (Phi) is 2.76. The van der Waals surface area contributed by atoms with Gasteiger partial charge in [0.1, 0.15) is 5.82 Å². The molecule has 0 saturated heterocycles. The summed E-state index contributed by atoms with van der Waals surface area (Å²) in [5.41, 5.74) is 0.724. The van der Waals surface area contributed by atoms with Crippen molar-refractivity contribution in [3.8, 4) is 0 Å². The van der Waals surface area contributed by atoms with Crippen molar-refractivity contribution >= 4 is 23.1 Å². The smallest absolute Gasteiger partial charge is 0.157 e. The van der Waals surface area contributed by atoms with Crippen molar-refractivity contribution in [2.45, 2.75) is 19.4 Å². The van der Waals surface area contributed by atoms with E-state index in [1.54, 1.807) is 10.7 Å². The Morgan fingerprint density at radius 3 is 2.88 bits per heavy atom. The highest BCUT2D eigenvalue weighted by Gasteiger charge is 2.23. The van der Waals surface area contributed by atoms with Gasteiger partial charge in [-0.1, -0.05) is 0 Å². The molecule has 0 radical (unpaired) electrons. The highest BCUT2D eigenvalue weighted by molar-refractivity contribution is 6.18. The van der Waals surface area contributed by atoms with Gasteiger partial charge in [-0.25, -0.2) is 9.50 Å². The third-order valence-corrected chi connectivity index (χ3v) is 3.48. The standard InChI is InChI=1S/C11H15ClN4/c1-11(2,8-12)15(3)9-5-7-16-10(14-9)4-6-13-16/h4-7H,8H2,1-3H3. The van der Waals surface area contributed by atoms with Gasteiger partial charge in [-0.15, -0.1) is 11.6 Å². The summed E-state index contributed by atoms with van der Waals surface area (Å²) >= 11 is 5.95. The van der Waals surface area contributed by atoms with E-state index in [-0.39, 0.29) is 5.54 Å². The first-order valence-electron chi connectivity index (χ1n) is 5.15. The highest BCUT2D eigenvalue weighted by atomic mass is 35.5. The first-order chi connectivity index (χ1) is 7.54. The molecule has 0 saturated carbocycles. The molecule has 0 N–H and O–H groups in total. The molecule has 2 aromatic rings. The Balaban J connectivity index is 2.39. The second-order valence-electron chi connectivity index (χ2n) is 4.42. The van der Waals surface area contributed by atoms with E-state index >= 15 is 0 Å². The van der Waals surface area contributed by atoms with E-state index in [4.69, 9.17) is 11.6 Å². The topological polar surface area (TPSA) is 33.4 Å². The van der Waals surface area contributed by atoms with Crippen molar-refractivity contribution in [3.05, 3.63) is 24.5 Å². The van der Waals surface area contributed by atoms with E-state index in [2.05, 4.69) is 28.8 Å². The summed E-state index contributed by atoms with van der Waals surface area (Å²) in [6.45, 7) is 4.17. The number of hydrogen-bond donors (Lipinski definition) is 0. The first kappa shape index (κ1) is 11.2. The molecule has 4 nitrogen and oxygen atoms in total. The minimum atomic E-state index is -0.118. The largest absolute Gasteiger partial charge is 0.353 e. The first-order valence-corrected chi connectivity index (χ1v) is 5.68. The van der Waals surface area contributed by atoms with Crippen LogP contribution in [0.25, 0.3) is 5.65 Å². The zero-order valence-corrected chi connectivity index (χ0v) is 10.4. The molecule has 0 bridgehead atoms. The van der Waals surface area contributed by atoms with Gasteiger partial charge in [-0.3, -0.25) is 0 Å². The van der Waals surface area contributed by atoms with Crippen LogP contribution in [0.4, 0.5) is 5.82 Å². The van der Waals surface area contributed by atoms with Gasteiger partial charge in [0.15, 0.2) is 5.65 Å². The molecule has 0 unspecified atom stereocenters. The number of hydrogen-bond acceptors (Lipinski definition) is 3. The molecule has 0 amide bonds. The molecule has 0 atom stereocenters. The van der Waals surface area contributed by atoms with Gasteiger partial charge in [-0.2, -0.15) is 5.10 Å². The molecule has 2 heterocycles. The molecule has 2 rings (SSSR count). The third-order valence-electron chi connectivity index (χ3n) is 2.82. The molecule has 0 spiro atoms. The van der Waals surface area contributed by atoms with Crippen molar-refractivity contribution in [1.29, 1.82) is 0 Å². The number of rotatable bonds is 3. The van der Waals surface area contributed by atoms with Crippen LogP contribution in [0, 0.1) is 0 Å². The molecule has 0 aliphatic heterocycles. The molecule has 5 heteroatoms. The van der Waals surface area contributed by atoms with Crippen LogP contribution in [0.2, 0.25) is 0 Å². The fourth-order valence-electron chi connectivity index (χ4n) is 1.39. The van der Waals surface area contributed by atoms with Gasteiger partial charge in [-0.05, 0) is 19.9 Å². The van der Waals surface area contributed by atoms with Crippen LogP contribution in [0.1, 0.15) is 13.8 Å². The lowest BCUT2D eigenvalue weighted by molar-refractivity contribution is 0.540. The number of anilines is 1. The summed E-state index contributed by atoms with van der Waals surface area (Å²) in [4.78, 5) is 6.59. The average Bonchev–Trinajstić information content (AvgIpc) is 2.74. The fraction of sp³-hybridized carbons (Fsp3) is 0.455. The predicted molar refractivity (Wildman–Crippen MR) is 66.2 cm³/mol. The monoisotopic (exact) mass is 238 g/mol. The van der Waals surface area contributed by atoms with Crippen molar-refractivity contribution in [1.82, 2.24) is 14.6 Å². The maximum atomic E-state index is 5.95. The molecule has 0 aromatic carbocycles. The van der Waals surface area contributed by atoms with Crippen LogP contribution in [-0.2, 0) is 0 Å². The summed E-state index contributed by atoms with van der Waals surface area (Å²) in [5.74, 6) is 1.45. The second-order valence-corrected chi connectivity index (χ2v) is 4.69. The maximum Gasteiger partial charge on any atom is 0.157 e. The average molecular weight is 239 g/mol. The highest BCUT2D eigenvalue weighted by Crippen LogP contribution is 2.21. The quantitative estimate of drug-likeness (QED) is 0.769. The van der Waals surface area contributed by atoms with Gasteiger partial charge < -0.3 is 4.90 Å². The number of nitrogens with zero attached hydrogens (tertiary/aromatic N) is 4. The fourth-order valence-corrected chi connectivity index (χ4v) is 1.57. The Bertz CT molecular complexity index is 491. The molecular weight excluding hydrogens is 224 g/mol. The van der Waals surface area contributed by atoms with E-state index in [9.17, 15) is 0 Å². The number of alkyl halides is 1. The van der Waals surface area contributed by atoms with Crippen molar-refractivity contribution in [3.63, 3.8) is 0 Å². The van der Waals surface area contributed by atoms with Gasteiger partial charge in [0.25, 0.3) is 0 Å². The van der Waals surface area contributed by atoms with Crippen LogP contribution in [0.15, 0.2) is 24.5 Å². The molecule has 0 fully saturated rings. The summed E-state index contributed by atoms with van der Waals surface area (Å²) in [7, 11) is 2.00. The third kappa shape index (κ3) is 1.85. The normalized spacial score (nSPS) is 12.0.